The summed E-state index contributed by atoms with van der Waals surface area (Å²) in [5.41, 5.74) is 6.55. The van der Waals surface area contributed by atoms with Gasteiger partial charge in [-0.1, -0.05) is 43.1 Å². The largest absolute Gasteiger partial charge is 0.339 e. The smallest absolute Gasteiger partial charge is 0.293 e. The average molecular weight is 421 g/mol. The van der Waals surface area contributed by atoms with Crippen molar-refractivity contribution in [2.75, 3.05) is 13.6 Å². The molecular weight excluding hydrogens is 397 g/mol. The van der Waals surface area contributed by atoms with Crippen LogP contribution in [-0.4, -0.2) is 45.2 Å². The molecule has 1 unspecified atom stereocenters. The molecule has 2 aromatic rings. The number of hydrogen-bond acceptors (Lipinski definition) is 4. The average Bonchev–Trinajstić information content (AvgIpc) is 2.93. The molecule has 26 heavy (non-hydrogen) atoms. The second-order valence-electron chi connectivity index (χ2n) is 6.39. The molecule has 0 aliphatic rings. The van der Waals surface area contributed by atoms with E-state index in [1.807, 2.05) is 0 Å². The second-order valence-corrected chi connectivity index (χ2v) is 7.20. The molecule has 6 nitrogen and oxygen atoms in total. The number of carbonyl (C=O) groups excluding carboxylic acids is 1. The van der Waals surface area contributed by atoms with Crippen molar-refractivity contribution in [1.29, 1.82) is 0 Å². The zero-order chi connectivity index (χ0) is 18.7. The highest BCUT2D eigenvalue weighted by Crippen LogP contribution is 2.28. The van der Waals surface area contributed by atoms with Gasteiger partial charge in [-0.2, -0.15) is 0 Å². The Balaban J connectivity index is 0.00000338. The van der Waals surface area contributed by atoms with Crippen LogP contribution in [0.15, 0.2) is 18.2 Å². The van der Waals surface area contributed by atoms with Gasteiger partial charge in [-0.15, -0.1) is 17.5 Å². The predicted octanol–water partition coefficient (Wildman–Crippen LogP) is 3.75. The van der Waals surface area contributed by atoms with E-state index in [0.29, 0.717) is 34.0 Å². The predicted molar refractivity (Wildman–Crippen MR) is 108 cm³/mol. The summed E-state index contributed by atoms with van der Waals surface area (Å²) in [5, 5.41) is 5.18. The Labute approximate surface area is 170 Å². The maximum Gasteiger partial charge on any atom is 0.293 e. The molecule has 0 saturated heterocycles. The summed E-state index contributed by atoms with van der Waals surface area (Å²) >= 11 is 12.4. The molecule has 0 aliphatic heterocycles. The highest BCUT2D eigenvalue weighted by molar-refractivity contribution is 6.37. The van der Waals surface area contributed by atoms with Crippen molar-refractivity contribution < 1.29 is 4.79 Å². The number of rotatable bonds is 6. The molecule has 1 aromatic heterocycles. The molecule has 2 rings (SSSR count). The minimum absolute atomic E-state index is 0. The molecule has 0 fully saturated rings. The Morgan fingerprint density at radius 2 is 1.88 bits per heavy atom. The van der Waals surface area contributed by atoms with E-state index in [1.165, 1.54) is 4.68 Å². The number of aromatic nitrogens is 3. The van der Waals surface area contributed by atoms with E-state index in [1.54, 1.807) is 37.1 Å². The number of hydrogen-bond donors (Lipinski definition) is 1. The van der Waals surface area contributed by atoms with Crippen LogP contribution in [0.5, 0.6) is 0 Å². The highest BCUT2D eigenvalue weighted by Gasteiger charge is 2.21. The number of para-hydroxylation sites is 1. The van der Waals surface area contributed by atoms with Gasteiger partial charge >= 0.3 is 0 Å². The molecular formula is C17H24Cl3N5O. The van der Waals surface area contributed by atoms with Crippen LogP contribution in [0.4, 0.5) is 0 Å². The lowest BCUT2D eigenvalue weighted by molar-refractivity contribution is 0.0777. The van der Waals surface area contributed by atoms with E-state index in [-0.39, 0.29) is 30.2 Å². The Bertz CT molecular complexity index is 743. The van der Waals surface area contributed by atoms with E-state index < -0.39 is 0 Å². The molecule has 0 bridgehead atoms. The van der Waals surface area contributed by atoms with E-state index in [2.05, 4.69) is 23.9 Å². The van der Waals surface area contributed by atoms with Crippen LogP contribution < -0.4 is 5.73 Å². The van der Waals surface area contributed by atoms with Crippen LogP contribution in [-0.2, 0) is 0 Å². The molecule has 1 amide bonds. The fraction of sp³-hybridized carbons (Fsp3) is 0.471. The van der Waals surface area contributed by atoms with Crippen LogP contribution in [0.25, 0.3) is 5.69 Å². The summed E-state index contributed by atoms with van der Waals surface area (Å²) in [6.45, 7) is 6.41. The van der Waals surface area contributed by atoms with E-state index in [4.69, 9.17) is 28.9 Å². The summed E-state index contributed by atoms with van der Waals surface area (Å²) in [6.07, 6.45) is 0.718. The zero-order valence-corrected chi connectivity index (χ0v) is 17.6. The molecule has 0 saturated carbocycles. The van der Waals surface area contributed by atoms with Gasteiger partial charge in [0.05, 0.1) is 10.0 Å². The first-order chi connectivity index (χ1) is 11.7. The summed E-state index contributed by atoms with van der Waals surface area (Å²) < 4.78 is 1.49. The van der Waals surface area contributed by atoms with Crippen LogP contribution in [0, 0.1) is 12.8 Å². The van der Waals surface area contributed by atoms with Gasteiger partial charge in [-0.25, -0.2) is 9.67 Å². The van der Waals surface area contributed by atoms with Gasteiger partial charge in [-0.3, -0.25) is 4.79 Å². The Kier molecular flexibility index (Phi) is 8.34. The molecule has 9 heteroatoms. The molecule has 1 atom stereocenters. The topological polar surface area (TPSA) is 77.0 Å². The first-order valence-corrected chi connectivity index (χ1v) is 8.87. The summed E-state index contributed by atoms with van der Waals surface area (Å²) in [6, 6.07) is 5.22. The van der Waals surface area contributed by atoms with Gasteiger partial charge in [0.25, 0.3) is 5.91 Å². The molecule has 0 radical (unpaired) electrons. The Morgan fingerprint density at radius 1 is 1.31 bits per heavy atom. The number of nitrogens with two attached hydrogens (primary N) is 1. The number of aryl methyl sites for hydroxylation is 1. The van der Waals surface area contributed by atoms with Gasteiger partial charge in [0, 0.05) is 19.6 Å². The van der Waals surface area contributed by atoms with Gasteiger partial charge in [0.15, 0.2) is 0 Å². The van der Waals surface area contributed by atoms with Crippen LogP contribution >= 0.6 is 35.6 Å². The third-order valence-electron chi connectivity index (χ3n) is 4.11. The fourth-order valence-electron chi connectivity index (χ4n) is 2.33. The lowest BCUT2D eigenvalue weighted by atomic mass is 10.0. The quantitative estimate of drug-likeness (QED) is 0.772. The number of carbonyl (C=O) groups is 1. The number of amides is 1. The maximum atomic E-state index is 12.6. The van der Waals surface area contributed by atoms with Crippen molar-refractivity contribution in [2.24, 2.45) is 11.7 Å². The minimum Gasteiger partial charge on any atom is -0.339 e. The number of nitrogens with zero attached hydrogens (tertiary/aromatic N) is 4. The molecule has 0 spiro atoms. The first kappa shape index (κ1) is 22.7. The van der Waals surface area contributed by atoms with Crippen molar-refractivity contribution >= 4 is 41.5 Å². The number of benzene rings is 1. The third kappa shape index (κ3) is 5.10. The van der Waals surface area contributed by atoms with Crippen LogP contribution in [0.3, 0.4) is 0 Å². The van der Waals surface area contributed by atoms with Gasteiger partial charge in [-0.05, 0) is 31.4 Å². The fourth-order valence-corrected chi connectivity index (χ4v) is 2.89. The summed E-state index contributed by atoms with van der Waals surface area (Å²) in [5.74, 6) is 0.742. The number of halogens is 3. The van der Waals surface area contributed by atoms with Crippen molar-refractivity contribution in [1.82, 2.24) is 19.7 Å². The molecule has 1 heterocycles. The third-order valence-corrected chi connectivity index (χ3v) is 4.72. The van der Waals surface area contributed by atoms with Crippen molar-refractivity contribution in [3.63, 3.8) is 0 Å². The zero-order valence-electron chi connectivity index (χ0n) is 15.2. The van der Waals surface area contributed by atoms with E-state index in [0.717, 1.165) is 6.42 Å². The molecule has 144 valence electrons. The van der Waals surface area contributed by atoms with Crippen LogP contribution in [0.2, 0.25) is 10.0 Å². The van der Waals surface area contributed by atoms with Gasteiger partial charge in [0.1, 0.15) is 11.5 Å². The van der Waals surface area contributed by atoms with Crippen molar-refractivity contribution in [2.45, 2.75) is 33.2 Å². The Hall–Kier alpha value is -1.34. The van der Waals surface area contributed by atoms with Crippen LogP contribution in [0.1, 0.15) is 36.7 Å². The van der Waals surface area contributed by atoms with Crippen molar-refractivity contribution in [3.8, 4) is 5.69 Å². The molecule has 1 aromatic carbocycles. The minimum atomic E-state index is -0.263. The maximum absolute atomic E-state index is 12.6. The SMILES string of the molecule is Cc1nc(C(=O)N(C)CCC(N)C(C)C)nn1-c1c(Cl)cccc1Cl.Cl. The molecule has 0 aliphatic carbocycles. The monoisotopic (exact) mass is 419 g/mol. The molecule has 2 N–H and O–H groups in total. The highest BCUT2D eigenvalue weighted by atomic mass is 35.5. The normalized spacial score (nSPS) is 12.0. The first-order valence-electron chi connectivity index (χ1n) is 8.11. The second kappa shape index (κ2) is 9.55. The lowest BCUT2D eigenvalue weighted by Crippen LogP contribution is -2.35. The summed E-state index contributed by atoms with van der Waals surface area (Å²) in [7, 11) is 1.72. The van der Waals surface area contributed by atoms with Crippen molar-refractivity contribution in [3.05, 3.63) is 39.9 Å². The van der Waals surface area contributed by atoms with E-state index in [9.17, 15) is 4.79 Å². The van der Waals surface area contributed by atoms with Gasteiger partial charge in [0.2, 0.25) is 5.82 Å². The Morgan fingerprint density at radius 3 is 2.42 bits per heavy atom. The summed E-state index contributed by atoms with van der Waals surface area (Å²) in [4.78, 5) is 18.4. The lowest BCUT2D eigenvalue weighted by Gasteiger charge is -2.20. The van der Waals surface area contributed by atoms with E-state index >= 15 is 0 Å². The van der Waals surface area contributed by atoms with Gasteiger partial charge < -0.3 is 10.6 Å². The standard InChI is InChI=1S/C17H23Cl2N5O.ClH/c1-10(2)14(20)8-9-23(4)17(25)16-21-11(3)24(22-16)15-12(18)6-5-7-13(15)19;/h5-7,10,14H,8-9,20H2,1-4H3;1H.